The third-order valence-corrected chi connectivity index (χ3v) is 3.72. The normalized spacial score (nSPS) is 20.8. The van der Waals surface area contributed by atoms with Gasteiger partial charge >= 0.3 is 0 Å². The average Bonchev–Trinajstić information content (AvgIpc) is 2.64. The van der Waals surface area contributed by atoms with Crippen LogP contribution in [0.5, 0.6) is 5.75 Å². The molecule has 1 aromatic rings. The van der Waals surface area contributed by atoms with Gasteiger partial charge in [-0.2, -0.15) is 0 Å². The molecule has 4 nitrogen and oxygen atoms in total. The van der Waals surface area contributed by atoms with Crippen molar-refractivity contribution >= 4 is 5.91 Å². The van der Waals surface area contributed by atoms with Crippen LogP contribution in [0.15, 0.2) is 24.3 Å². The zero-order valence-electron chi connectivity index (χ0n) is 11.5. The molecule has 2 rings (SSSR count). The van der Waals surface area contributed by atoms with Crippen LogP contribution in [0.4, 0.5) is 0 Å². The highest BCUT2D eigenvalue weighted by atomic mass is 16.5. The standard InChI is InChI=1S/C15H22N2O2/c1-19-13-8-6-12(7-9-13)14-5-3-2-4-10-17(14)11-15(16)18/h6-9,14H,2-5,10-11H2,1H3,(H2,16,18)/t14-/m0/s1. The van der Waals surface area contributed by atoms with Crippen LogP contribution < -0.4 is 10.5 Å². The van der Waals surface area contributed by atoms with Gasteiger partial charge in [-0.25, -0.2) is 0 Å². The molecule has 1 aromatic carbocycles. The molecule has 1 fully saturated rings. The summed E-state index contributed by atoms with van der Waals surface area (Å²) in [5.74, 6) is 0.610. The molecule has 1 saturated heterocycles. The average molecular weight is 262 g/mol. The Morgan fingerprint density at radius 3 is 2.68 bits per heavy atom. The number of hydrogen-bond donors (Lipinski definition) is 1. The van der Waals surface area contributed by atoms with E-state index in [1.165, 1.54) is 18.4 Å². The smallest absolute Gasteiger partial charge is 0.231 e. The highest BCUT2D eigenvalue weighted by Crippen LogP contribution is 2.30. The lowest BCUT2D eigenvalue weighted by Crippen LogP contribution is -2.36. The van der Waals surface area contributed by atoms with Crippen molar-refractivity contribution in [2.75, 3.05) is 20.2 Å². The lowest BCUT2D eigenvalue weighted by molar-refractivity contribution is -0.119. The number of amides is 1. The van der Waals surface area contributed by atoms with Gasteiger partial charge in [0.15, 0.2) is 0 Å². The second-order valence-corrected chi connectivity index (χ2v) is 5.08. The molecule has 0 aromatic heterocycles. The van der Waals surface area contributed by atoms with Crippen molar-refractivity contribution in [3.63, 3.8) is 0 Å². The predicted molar refractivity (Wildman–Crippen MR) is 75.0 cm³/mol. The molecule has 4 heteroatoms. The number of methoxy groups -OCH3 is 1. The van der Waals surface area contributed by atoms with Crippen LogP contribution in [0.1, 0.15) is 37.3 Å². The molecule has 0 unspecified atom stereocenters. The van der Waals surface area contributed by atoms with E-state index in [1.54, 1.807) is 7.11 Å². The Morgan fingerprint density at radius 1 is 1.32 bits per heavy atom. The molecule has 0 radical (unpaired) electrons. The maximum absolute atomic E-state index is 11.2. The summed E-state index contributed by atoms with van der Waals surface area (Å²) in [4.78, 5) is 13.4. The second kappa shape index (κ2) is 6.57. The number of primary amides is 1. The number of rotatable bonds is 4. The Morgan fingerprint density at radius 2 is 2.05 bits per heavy atom. The van der Waals surface area contributed by atoms with Gasteiger partial charge in [-0.15, -0.1) is 0 Å². The Hall–Kier alpha value is -1.55. The molecule has 2 N–H and O–H groups in total. The van der Waals surface area contributed by atoms with Crippen LogP contribution in [0.2, 0.25) is 0 Å². The molecule has 1 atom stereocenters. The minimum absolute atomic E-state index is 0.250. The first kappa shape index (κ1) is 13.9. The minimum atomic E-state index is -0.250. The Bertz CT molecular complexity index is 417. The molecule has 0 saturated carbocycles. The van der Waals surface area contributed by atoms with E-state index in [9.17, 15) is 4.79 Å². The summed E-state index contributed by atoms with van der Waals surface area (Å²) >= 11 is 0. The fourth-order valence-electron chi connectivity index (χ4n) is 2.76. The summed E-state index contributed by atoms with van der Waals surface area (Å²) in [6.45, 7) is 1.29. The highest BCUT2D eigenvalue weighted by molar-refractivity contribution is 5.76. The van der Waals surface area contributed by atoms with Crippen LogP contribution in [-0.2, 0) is 4.79 Å². The van der Waals surface area contributed by atoms with E-state index < -0.39 is 0 Å². The number of benzene rings is 1. The highest BCUT2D eigenvalue weighted by Gasteiger charge is 2.23. The van der Waals surface area contributed by atoms with Crippen LogP contribution in [-0.4, -0.2) is 31.0 Å². The largest absolute Gasteiger partial charge is 0.497 e. The van der Waals surface area contributed by atoms with E-state index in [0.29, 0.717) is 12.6 Å². The summed E-state index contributed by atoms with van der Waals surface area (Å²) in [6.07, 6.45) is 4.65. The molecule has 1 aliphatic rings. The summed E-state index contributed by atoms with van der Waals surface area (Å²) in [5.41, 5.74) is 6.60. The van der Waals surface area contributed by atoms with Crippen molar-refractivity contribution in [1.82, 2.24) is 4.90 Å². The van der Waals surface area contributed by atoms with Crippen LogP contribution >= 0.6 is 0 Å². The zero-order chi connectivity index (χ0) is 13.7. The Labute approximate surface area is 114 Å². The molecule has 0 bridgehead atoms. The number of carbonyl (C=O) groups is 1. The number of nitrogens with two attached hydrogens (primary N) is 1. The van der Waals surface area contributed by atoms with Gasteiger partial charge in [-0.3, -0.25) is 9.69 Å². The minimum Gasteiger partial charge on any atom is -0.497 e. The predicted octanol–water partition coefficient (Wildman–Crippen LogP) is 2.10. The third-order valence-electron chi connectivity index (χ3n) is 3.72. The maximum atomic E-state index is 11.2. The van der Waals surface area contributed by atoms with Gasteiger partial charge in [0.2, 0.25) is 5.91 Å². The first-order chi connectivity index (χ1) is 9.20. The van der Waals surface area contributed by atoms with E-state index in [0.717, 1.165) is 25.1 Å². The second-order valence-electron chi connectivity index (χ2n) is 5.08. The fourth-order valence-corrected chi connectivity index (χ4v) is 2.76. The molecule has 0 aliphatic carbocycles. The van der Waals surface area contributed by atoms with Gasteiger partial charge in [-0.05, 0) is 37.1 Å². The van der Waals surface area contributed by atoms with E-state index in [4.69, 9.17) is 10.5 Å². The summed E-state index contributed by atoms with van der Waals surface area (Å²) in [7, 11) is 1.67. The quantitative estimate of drug-likeness (QED) is 0.904. The third kappa shape index (κ3) is 3.70. The fraction of sp³-hybridized carbons (Fsp3) is 0.533. The monoisotopic (exact) mass is 262 g/mol. The summed E-state index contributed by atoms with van der Waals surface area (Å²) in [5, 5.41) is 0. The van der Waals surface area contributed by atoms with Crippen LogP contribution in [0.3, 0.4) is 0 Å². The van der Waals surface area contributed by atoms with Crippen molar-refractivity contribution in [2.24, 2.45) is 5.73 Å². The molecule has 0 spiro atoms. The van der Waals surface area contributed by atoms with Gasteiger partial charge in [0.25, 0.3) is 0 Å². The van der Waals surface area contributed by atoms with Gasteiger partial charge in [0.05, 0.1) is 13.7 Å². The molecular weight excluding hydrogens is 240 g/mol. The SMILES string of the molecule is COc1ccc([C@@H]2CCCCCN2CC(N)=O)cc1. The number of hydrogen-bond acceptors (Lipinski definition) is 3. The first-order valence-corrected chi connectivity index (χ1v) is 6.87. The van der Waals surface area contributed by atoms with Crippen molar-refractivity contribution in [3.8, 4) is 5.75 Å². The van der Waals surface area contributed by atoms with E-state index in [-0.39, 0.29) is 5.91 Å². The summed E-state index contributed by atoms with van der Waals surface area (Å²) < 4.78 is 5.18. The molecule has 1 heterocycles. The van der Waals surface area contributed by atoms with Crippen molar-refractivity contribution in [1.29, 1.82) is 0 Å². The Kier molecular flexibility index (Phi) is 4.80. The number of carbonyl (C=O) groups excluding carboxylic acids is 1. The summed E-state index contributed by atoms with van der Waals surface area (Å²) in [6, 6.07) is 8.41. The van der Waals surface area contributed by atoms with E-state index >= 15 is 0 Å². The van der Waals surface area contributed by atoms with Gasteiger partial charge in [0, 0.05) is 6.04 Å². The van der Waals surface area contributed by atoms with Crippen LogP contribution in [0.25, 0.3) is 0 Å². The van der Waals surface area contributed by atoms with Crippen LogP contribution in [0, 0.1) is 0 Å². The number of likely N-dealkylation sites (tertiary alicyclic amines) is 1. The van der Waals surface area contributed by atoms with E-state index in [1.807, 2.05) is 12.1 Å². The van der Waals surface area contributed by atoms with Gasteiger partial charge < -0.3 is 10.5 Å². The van der Waals surface area contributed by atoms with Crippen molar-refractivity contribution in [3.05, 3.63) is 29.8 Å². The molecule has 1 amide bonds. The lowest BCUT2D eigenvalue weighted by atomic mass is 10.0. The lowest BCUT2D eigenvalue weighted by Gasteiger charge is -2.29. The van der Waals surface area contributed by atoms with Gasteiger partial charge in [0.1, 0.15) is 5.75 Å². The zero-order valence-corrected chi connectivity index (χ0v) is 11.5. The maximum Gasteiger partial charge on any atom is 0.231 e. The van der Waals surface area contributed by atoms with E-state index in [2.05, 4.69) is 17.0 Å². The molecule has 1 aliphatic heterocycles. The topological polar surface area (TPSA) is 55.6 Å². The first-order valence-electron chi connectivity index (χ1n) is 6.87. The van der Waals surface area contributed by atoms with Gasteiger partial charge in [-0.1, -0.05) is 25.0 Å². The molecular formula is C15H22N2O2. The Balaban J connectivity index is 2.17. The molecule has 104 valence electrons. The number of nitrogens with zero attached hydrogens (tertiary/aromatic N) is 1. The molecule has 19 heavy (non-hydrogen) atoms. The number of ether oxygens (including phenoxy) is 1. The van der Waals surface area contributed by atoms with Crippen molar-refractivity contribution < 1.29 is 9.53 Å². The van der Waals surface area contributed by atoms with Crippen molar-refractivity contribution in [2.45, 2.75) is 31.7 Å².